The van der Waals surface area contributed by atoms with Gasteiger partial charge >= 0.3 is 6.03 Å². The normalized spacial score (nSPS) is 14.1. The highest BCUT2D eigenvalue weighted by atomic mass is 35.5. The maximum absolute atomic E-state index is 13.1. The maximum atomic E-state index is 13.1. The first-order valence-corrected chi connectivity index (χ1v) is 18.7. The van der Waals surface area contributed by atoms with Crippen LogP contribution in [0.5, 0.6) is 0 Å². The van der Waals surface area contributed by atoms with E-state index in [9.17, 15) is 30.7 Å². The number of carbonyl (C=O) groups excluding carboxylic acids is 1. The highest BCUT2D eigenvalue weighted by Crippen LogP contribution is 2.37. The van der Waals surface area contributed by atoms with Gasteiger partial charge in [-0.15, -0.1) is 10.2 Å². The number of hydrogen-bond acceptors (Lipinski definition) is 13. The van der Waals surface area contributed by atoms with Gasteiger partial charge in [-0.2, -0.15) is 31.8 Å². The van der Waals surface area contributed by atoms with Crippen molar-refractivity contribution in [2.45, 2.75) is 16.7 Å². The SMILES string of the molecule is Cc1cc(S(=O)(=O)O)c2cc(N=Nc3ccc(Nc4nc(Cl)nc(N5CCN(C)CC5)n4)cc3NC(=O)Nc3ccccc3)c(S(=O)(=O)O)cc2c1. The Morgan fingerprint density at radius 1 is 0.788 bits per heavy atom. The third-order valence-corrected chi connectivity index (χ3v) is 9.82. The summed E-state index contributed by atoms with van der Waals surface area (Å²) in [5.41, 5.74) is 0.961. The Bertz CT molecular complexity index is 2430. The zero-order valence-electron chi connectivity index (χ0n) is 27.5. The lowest BCUT2D eigenvalue weighted by atomic mass is 10.1. The van der Waals surface area contributed by atoms with E-state index in [4.69, 9.17) is 11.6 Å². The summed E-state index contributed by atoms with van der Waals surface area (Å²) in [7, 11) is -7.63. The monoisotopic (exact) mass is 766 g/mol. The molecule has 0 bridgehead atoms. The minimum Gasteiger partial charge on any atom is -0.338 e. The third kappa shape index (κ3) is 8.76. The van der Waals surface area contributed by atoms with Crippen LogP contribution in [0.25, 0.3) is 10.8 Å². The minimum atomic E-state index is -4.90. The van der Waals surface area contributed by atoms with Crippen LogP contribution in [0.4, 0.5) is 45.1 Å². The molecule has 0 aliphatic carbocycles. The first-order chi connectivity index (χ1) is 24.6. The summed E-state index contributed by atoms with van der Waals surface area (Å²) in [5, 5.41) is 16.6. The van der Waals surface area contributed by atoms with Gasteiger partial charge in [0.05, 0.1) is 5.69 Å². The fourth-order valence-corrected chi connectivity index (χ4v) is 6.96. The van der Waals surface area contributed by atoms with Crippen molar-refractivity contribution >= 4 is 89.0 Å². The predicted octanol–water partition coefficient (Wildman–Crippen LogP) is 6.03. The quantitative estimate of drug-likeness (QED) is 0.0852. The average molecular weight is 767 g/mol. The highest BCUT2D eigenvalue weighted by molar-refractivity contribution is 7.86. The molecule has 6 rings (SSSR count). The molecular weight excluding hydrogens is 736 g/mol. The number of amides is 2. The molecule has 17 nitrogen and oxygen atoms in total. The molecule has 2 amide bonds. The Hall–Kier alpha value is -5.31. The smallest absolute Gasteiger partial charge is 0.323 e. The van der Waals surface area contributed by atoms with Crippen molar-refractivity contribution < 1.29 is 30.7 Å². The number of halogens is 1. The molecule has 20 heteroatoms. The van der Waals surface area contributed by atoms with Crippen LogP contribution >= 0.6 is 11.6 Å². The number of rotatable bonds is 9. The van der Waals surface area contributed by atoms with Gasteiger partial charge in [0.1, 0.15) is 21.2 Å². The maximum Gasteiger partial charge on any atom is 0.323 e. The number of aryl methyl sites for hydroxylation is 1. The van der Waals surface area contributed by atoms with E-state index >= 15 is 0 Å². The molecule has 0 unspecified atom stereocenters. The lowest BCUT2D eigenvalue weighted by Crippen LogP contribution is -2.45. The second-order valence-electron chi connectivity index (χ2n) is 11.8. The Balaban J connectivity index is 1.39. The van der Waals surface area contributed by atoms with Crippen molar-refractivity contribution in [3.8, 4) is 0 Å². The zero-order valence-corrected chi connectivity index (χ0v) is 29.9. The number of benzene rings is 4. The molecule has 0 saturated carbocycles. The van der Waals surface area contributed by atoms with E-state index in [1.54, 1.807) is 43.3 Å². The van der Waals surface area contributed by atoms with E-state index in [1.807, 2.05) is 11.9 Å². The number of hydrogen-bond donors (Lipinski definition) is 5. The molecule has 1 aliphatic rings. The van der Waals surface area contributed by atoms with Crippen LogP contribution in [-0.2, 0) is 20.2 Å². The molecule has 1 aromatic heterocycles. The number of likely N-dealkylation sites (N-methyl/N-ethyl adjacent to an activating group) is 1. The van der Waals surface area contributed by atoms with Gasteiger partial charge in [-0.1, -0.05) is 24.3 Å². The summed E-state index contributed by atoms with van der Waals surface area (Å²) in [5.74, 6) is 0.515. The lowest BCUT2D eigenvalue weighted by molar-refractivity contribution is 0.262. The summed E-state index contributed by atoms with van der Waals surface area (Å²) in [4.78, 5) is 29.1. The van der Waals surface area contributed by atoms with E-state index in [1.165, 1.54) is 24.3 Å². The van der Waals surface area contributed by atoms with Gasteiger partial charge in [-0.3, -0.25) is 9.11 Å². The zero-order chi connectivity index (χ0) is 37.2. The highest BCUT2D eigenvalue weighted by Gasteiger charge is 2.23. The molecule has 2 heterocycles. The number of carbonyl (C=O) groups is 1. The molecule has 1 fully saturated rings. The number of anilines is 5. The fraction of sp³-hybridized carbons (Fsp3) is 0.188. The van der Waals surface area contributed by atoms with Gasteiger partial charge in [-0.25, -0.2) is 4.79 Å². The van der Waals surface area contributed by atoms with Gasteiger partial charge in [0, 0.05) is 42.9 Å². The predicted molar refractivity (Wildman–Crippen MR) is 196 cm³/mol. The van der Waals surface area contributed by atoms with Crippen molar-refractivity contribution in [1.82, 2.24) is 19.9 Å². The number of urea groups is 1. The van der Waals surface area contributed by atoms with Crippen molar-refractivity contribution in [2.75, 3.05) is 54.1 Å². The van der Waals surface area contributed by atoms with Gasteiger partial charge in [0.2, 0.25) is 17.2 Å². The number of fused-ring (bicyclic) bond motifs is 1. The van der Waals surface area contributed by atoms with Crippen molar-refractivity contribution in [3.63, 3.8) is 0 Å². The Morgan fingerprint density at radius 2 is 1.48 bits per heavy atom. The van der Waals surface area contributed by atoms with Crippen molar-refractivity contribution in [1.29, 1.82) is 0 Å². The van der Waals surface area contributed by atoms with Crippen molar-refractivity contribution in [3.05, 3.63) is 83.6 Å². The molecule has 1 aliphatic heterocycles. The van der Waals surface area contributed by atoms with Crippen LogP contribution in [0.1, 0.15) is 5.56 Å². The molecule has 5 aromatic rings. The van der Waals surface area contributed by atoms with Crippen LogP contribution in [0.2, 0.25) is 5.28 Å². The summed E-state index contributed by atoms with van der Waals surface area (Å²) >= 11 is 6.25. The number of azo groups is 1. The number of para-hydroxylation sites is 1. The molecule has 5 N–H and O–H groups in total. The van der Waals surface area contributed by atoms with E-state index in [0.717, 1.165) is 25.2 Å². The van der Waals surface area contributed by atoms with E-state index in [2.05, 4.69) is 46.0 Å². The Kier molecular flexibility index (Phi) is 10.3. The van der Waals surface area contributed by atoms with E-state index in [0.29, 0.717) is 36.0 Å². The topological polar surface area (TPSA) is 232 Å². The fourth-order valence-electron chi connectivity index (χ4n) is 5.37. The third-order valence-electron chi connectivity index (χ3n) is 7.87. The number of nitrogens with zero attached hydrogens (tertiary/aromatic N) is 7. The van der Waals surface area contributed by atoms with Gasteiger partial charge in [0.25, 0.3) is 20.2 Å². The Labute approximate surface area is 303 Å². The molecule has 0 spiro atoms. The van der Waals surface area contributed by atoms with Crippen molar-refractivity contribution in [2.24, 2.45) is 10.2 Å². The van der Waals surface area contributed by atoms with Crippen LogP contribution in [0, 0.1) is 6.92 Å². The second-order valence-corrected chi connectivity index (χ2v) is 14.9. The molecule has 0 atom stereocenters. The molecule has 270 valence electrons. The standard InChI is InChI=1S/C32H31ClN10O7S2/c1-19-14-20-16-28(52(48,49)50)26(18-23(20)27(15-19)51(45,46)47)41-40-24-9-8-22(17-25(24)36-32(44)35-21-6-4-3-5-7-21)34-30-37-29(33)38-31(39-30)43-12-10-42(2)11-13-43/h3-9,14-18H,10-13H2,1-2H3,(H2,35,36,44)(H,45,46,47)(H,48,49,50)(H,34,37,38,39). The van der Waals surface area contributed by atoms with Gasteiger partial charge in [-0.05, 0) is 85.1 Å². The van der Waals surface area contributed by atoms with E-state index < -0.39 is 41.7 Å². The van der Waals surface area contributed by atoms with Crippen LogP contribution in [0.3, 0.4) is 0 Å². The van der Waals surface area contributed by atoms with Crippen LogP contribution in [0.15, 0.2) is 92.8 Å². The van der Waals surface area contributed by atoms with Crippen LogP contribution < -0.4 is 20.9 Å². The molecule has 52 heavy (non-hydrogen) atoms. The minimum absolute atomic E-state index is 0.0286. The average Bonchev–Trinajstić information content (AvgIpc) is 3.07. The summed E-state index contributed by atoms with van der Waals surface area (Å²) in [6.45, 7) is 4.56. The lowest BCUT2D eigenvalue weighted by Gasteiger charge is -2.32. The van der Waals surface area contributed by atoms with E-state index in [-0.39, 0.29) is 33.4 Å². The molecular formula is C32H31ClN10O7S2. The number of nitrogens with one attached hydrogen (secondary N) is 3. The summed E-state index contributed by atoms with van der Waals surface area (Å²) < 4.78 is 69.2. The summed E-state index contributed by atoms with van der Waals surface area (Å²) in [6, 6.07) is 17.3. The first kappa shape index (κ1) is 36.5. The Morgan fingerprint density at radius 3 is 2.17 bits per heavy atom. The van der Waals surface area contributed by atoms with Crippen LogP contribution in [-0.4, -0.2) is 85.1 Å². The van der Waals surface area contributed by atoms with Gasteiger partial charge < -0.3 is 25.8 Å². The number of piperazine rings is 1. The second kappa shape index (κ2) is 14.7. The molecule has 1 saturated heterocycles. The molecule has 4 aromatic carbocycles. The number of aromatic nitrogens is 3. The first-order valence-electron chi connectivity index (χ1n) is 15.5. The van der Waals surface area contributed by atoms with Gasteiger partial charge in [0.15, 0.2) is 0 Å². The molecule has 0 radical (unpaired) electrons. The largest absolute Gasteiger partial charge is 0.338 e. The summed E-state index contributed by atoms with van der Waals surface area (Å²) in [6.07, 6.45) is 0.